The zero-order valence-electron chi connectivity index (χ0n) is 9.85. The molecule has 2 rings (SSSR count). The molecule has 0 saturated carbocycles. The predicted molar refractivity (Wildman–Crippen MR) is 74.6 cm³/mol. The molecule has 1 heterocycles. The molecule has 0 aliphatic carbocycles. The van der Waals surface area contributed by atoms with Crippen molar-refractivity contribution in [1.29, 1.82) is 0 Å². The Balaban J connectivity index is 1.83. The molecule has 1 aromatic heterocycles. The maximum atomic E-state index is 11.8. The zero-order valence-corrected chi connectivity index (χ0v) is 10.7. The lowest BCUT2D eigenvalue weighted by Crippen LogP contribution is -2.25. The van der Waals surface area contributed by atoms with Gasteiger partial charge in [0, 0.05) is 22.7 Å². The van der Waals surface area contributed by atoms with Crippen molar-refractivity contribution in [1.82, 2.24) is 5.32 Å². The summed E-state index contributed by atoms with van der Waals surface area (Å²) in [6.45, 7) is 0.649. The van der Waals surface area contributed by atoms with Crippen LogP contribution in [0.1, 0.15) is 15.2 Å². The van der Waals surface area contributed by atoms with Crippen molar-refractivity contribution in [2.45, 2.75) is 6.42 Å². The van der Waals surface area contributed by atoms with E-state index in [1.165, 1.54) is 4.88 Å². The zero-order chi connectivity index (χ0) is 12.8. The standard InChI is InChI=1S/C13H15N3OS/c14-16-11-5-3-10(4-6-11)13(17)15-8-7-12-2-1-9-18-12/h1-6,9,16H,7-8,14H2,(H,15,17). The summed E-state index contributed by atoms with van der Waals surface area (Å²) in [4.78, 5) is 13.1. The molecular weight excluding hydrogens is 246 g/mol. The van der Waals surface area contributed by atoms with E-state index in [4.69, 9.17) is 5.84 Å². The van der Waals surface area contributed by atoms with Crippen molar-refractivity contribution in [3.05, 3.63) is 52.2 Å². The maximum Gasteiger partial charge on any atom is 0.251 e. The van der Waals surface area contributed by atoms with Crippen LogP contribution in [0.4, 0.5) is 5.69 Å². The van der Waals surface area contributed by atoms with E-state index in [0.717, 1.165) is 12.1 Å². The number of carbonyl (C=O) groups excluding carboxylic acids is 1. The van der Waals surface area contributed by atoms with E-state index in [-0.39, 0.29) is 5.91 Å². The maximum absolute atomic E-state index is 11.8. The Morgan fingerprint density at radius 3 is 2.61 bits per heavy atom. The monoisotopic (exact) mass is 261 g/mol. The topological polar surface area (TPSA) is 67.1 Å². The van der Waals surface area contributed by atoms with Crippen molar-refractivity contribution >= 4 is 22.9 Å². The third-order valence-electron chi connectivity index (χ3n) is 2.55. The molecule has 0 aliphatic heterocycles. The minimum absolute atomic E-state index is 0.0601. The van der Waals surface area contributed by atoms with Crippen molar-refractivity contribution in [2.24, 2.45) is 5.84 Å². The van der Waals surface area contributed by atoms with E-state index in [1.807, 2.05) is 11.4 Å². The third kappa shape index (κ3) is 3.32. The van der Waals surface area contributed by atoms with Crippen LogP contribution >= 0.6 is 11.3 Å². The van der Waals surface area contributed by atoms with E-state index >= 15 is 0 Å². The molecule has 0 unspecified atom stereocenters. The summed E-state index contributed by atoms with van der Waals surface area (Å²) < 4.78 is 0. The first-order valence-corrected chi connectivity index (χ1v) is 6.55. The Hall–Kier alpha value is -1.85. The Morgan fingerprint density at radius 1 is 1.22 bits per heavy atom. The number of carbonyl (C=O) groups is 1. The summed E-state index contributed by atoms with van der Waals surface area (Å²) in [6.07, 6.45) is 0.867. The van der Waals surface area contributed by atoms with Gasteiger partial charge in [0.2, 0.25) is 0 Å². The Kier molecular flexibility index (Phi) is 4.33. The molecule has 0 fully saturated rings. The van der Waals surface area contributed by atoms with Gasteiger partial charge in [0.05, 0.1) is 0 Å². The highest BCUT2D eigenvalue weighted by molar-refractivity contribution is 7.09. The number of anilines is 1. The Labute approximate surface area is 110 Å². The van der Waals surface area contributed by atoms with Gasteiger partial charge < -0.3 is 10.7 Å². The van der Waals surface area contributed by atoms with Crippen molar-refractivity contribution in [3.63, 3.8) is 0 Å². The molecule has 18 heavy (non-hydrogen) atoms. The molecule has 0 saturated heterocycles. The van der Waals surface area contributed by atoms with Crippen molar-refractivity contribution in [2.75, 3.05) is 12.0 Å². The van der Waals surface area contributed by atoms with Gasteiger partial charge in [-0.2, -0.15) is 0 Å². The predicted octanol–water partition coefficient (Wildman–Crippen LogP) is 2.01. The van der Waals surface area contributed by atoms with Crippen molar-refractivity contribution in [3.8, 4) is 0 Å². The van der Waals surface area contributed by atoms with Gasteiger partial charge in [-0.05, 0) is 42.1 Å². The first kappa shape index (κ1) is 12.6. The van der Waals surface area contributed by atoms with Crippen LogP contribution in [0.3, 0.4) is 0 Å². The first-order chi connectivity index (χ1) is 8.79. The number of thiophene rings is 1. The highest BCUT2D eigenvalue weighted by atomic mass is 32.1. The van der Waals surface area contributed by atoms with Crippen LogP contribution in [0.25, 0.3) is 0 Å². The Morgan fingerprint density at radius 2 is 2.00 bits per heavy atom. The molecule has 1 amide bonds. The number of hydrogen-bond donors (Lipinski definition) is 3. The molecule has 94 valence electrons. The molecule has 0 radical (unpaired) electrons. The lowest BCUT2D eigenvalue weighted by Gasteiger charge is -2.05. The lowest BCUT2D eigenvalue weighted by molar-refractivity contribution is 0.0954. The molecule has 0 bridgehead atoms. The van der Waals surface area contributed by atoms with Crippen LogP contribution in [0.15, 0.2) is 41.8 Å². The van der Waals surface area contributed by atoms with Crippen LogP contribution < -0.4 is 16.6 Å². The summed E-state index contributed by atoms with van der Waals surface area (Å²) in [7, 11) is 0. The fourth-order valence-corrected chi connectivity index (χ4v) is 2.28. The van der Waals surface area contributed by atoms with Gasteiger partial charge in [0.25, 0.3) is 5.91 Å². The van der Waals surface area contributed by atoms with Gasteiger partial charge in [-0.1, -0.05) is 6.07 Å². The third-order valence-corrected chi connectivity index (χ3v) is 3.49. The summed E-state index contributed by atoms with van der Waals surface area (Å²) in [5.41, 5.74) is 3.95. The van der Waals surface area contributed by atoms with Gasteiger partial charge in [0.1, 0.15) is 0 Å². The lowest BCUT2D eigenvalue weighted by atomic mass is 10.2. The second-order valence-electron chi connectivity index (χ2n) is 3.81. The first-order valence-electron chi connectivity index (χ1n) is 5.67. The average Bonchev–Trinajstić information content (AvgIpc) is 2.92. The minimum Gasteiger partial charge on any atom is -0.352 e. The number of benzene rings is 1. The van der Waals surface area contributed by atoms with Crippen LogP contribution in [-0.4, -0.2) is 12.5 Å². The van der Waals surface area contributed by atoms with Gasteiger partial charge in [-0.3, -0.25) is 10.6 Å². The quantitative estimate of drug-likeness (QED) is 0.569. The van der Waals surface area contributed by atoms with Crippen LogP contribution in [0.2, 0.25) is 0 Å². The fraction of sp³-hybridized carbons (Fsp3) is 0.154. The highest BCUT2D eigenvalue weighted by Crippen LogP contribution is 2.09. The van der Waals surface area contributed by atoms with Gasteiger partial charge in [0.15, 0.2) is 0 Å². The summed E-state index contributed by atoms with van der Waals surface area (Å²) >= 11 is 1.70. The summed E-state index contributed by atoms with van der Waals surface area (Å²) in [5, 5.41) is 4.93. The van der Waals surface area contributed by atoms with Crippen LogP contribution in [0, 0.1) is 0 Å². The fourth-order valence-electron chi connectivity index (χ4n) is 1.57. The van der Waals surface area contributed by atoms with Gasteiger partial charge in [-0.15, -0.1) is 11.3 Å². The molecule has 4 nitrogen and oxygen atoms in total. The molecule has 5 heteroatoms. The highest BCUT2D eigenvalue weighted by Gasteiger charge is 2.04. The van der Waals surface area contributed by atoms with E-state index in [2.05, 4.69) is 16.8 Å². The minimum atomic E-state index is -0.0601. The van der Waals surface area contributed by atoms with Gasteiger partial charge in [-0.25, -0.2) is 0 Å². The number of hydrogen-bond acceptors (Lipinski definition) is 4. The summed E-state index contributed by atoms with van der Waals surface area (Å²) in [6, 6.07) is 11.1. The van der Waals surface area contributed by atoms with Gasteiger partial charge >= 0.3 is 0 Å². The SMILES string of the molecule is NNc1ccc(C(=O)NCCc2cccs2)cc1. The molecular formula is C13H15N3OS. The molecule has 0 aliphatic rings. The van der Waals surface area contributed by atoms with E-state index in [0.29, 0.717) is 12.1 Å². The smallest absolute Gasteiger partial charge is 0.251 e. The van der Waals surface area contributed by atoms with Crippen LogP contribution in [0.5, 0.6) is 0 Å². The number of amides is 1. The largest absolute Gasteiger partial charge is 0.352 e. The van der Waals surface area contributed by atoms with Crippen LogP contribution in [-0.2, 0) is 6.42 Å². The summed E-state index contributed by atoms with van der Waals surface area (Å²) in [5.74, 6) is 5.20. The number of rotatable bonds is 5. The average molecular weight is 261 g/mol. The second-order valence-corrected chi connectivity index (χ2v) is 4.84. The van der Waals surface area contributed by atoms with E-state index in [1.54, 1.807) is 35.6 Å². The number of nitrogens with one attached hydrogen (secondary N) is 2. The normalized spacial score (nSPS) is 10.1. The van der Waals surface area contributed by atoms with Crippen molar-refractivity contribution < 1.29 is 4.79 Å². The molecule has 1 aromatic carbocycles. The number of hydrazine groups is 1. The number of nitrogen functional groups attached to an aromatic ring is 1. The molecule has 0 spiro atoms. The molecule has 0 atom stereocenters. The Bertz CT molecular complexity index is 493. The van der Waals surface area contributed by atoms with E-state index in [9.17, 15) is 4.79 Å². The molecule has 2 aromatic rings. The second kappa shape index (κ2) is 6.18. The number of nitrogens with two attached hydrogens (primary N) is 1. The van der Waals surface area contributed by atoms with E-state index < -0.39 is 0 Å². The molecule has 4 N–H and O–H groups in total.